The van der Waals surface area contributed by atoms with Crippen molar-refractivity contribution in [3.8, 4) is 5.75 Å². The van der Waals surface area contributed by atoms with Crippen LogP contribution < -0.4 is 10.5 Å². The first-order valence-corrected chi connectivity index (χ1v) is 5.32. The number of rotatable bonds is 3. The van der Waals surface area contributed by atoms with Gasteiger partial charge in [-0.25, -0.2) is 0 Å². The van der Waals surface area contributed by atoms with Crippen molar-refractivity contribution in [2.24, 2.45) is 5.73 Å². The molecule has 0 heterocycles. The van der Waals surface area contributed by atoms with Crippen LogP contribution in [0, 0.1) is 0 Å². The highest BCUT2D eigenvalue weighted by Crippen LogP contribution is 2.43. The van der Waals surface area contributed by atoms with Gasteiger partial charge in [-0.1, -0.05) is 12.1 Å². The lowest BCUT2D eigenvalue weighted by molar-refractivity contribution is 0.302. The number of hydrogen-bond donors (Lipinski definition) is 1. The Hall–Kier alpha value is -1.02. The van der Waals surface area contributed by atoms with Gasteiger partial charge in [0, 0.05) is 5.54 Å². The van der Waals surface area contributed by atoms with E-state index in [1.54, 1.807) is 0 Å². The molecular formula is C12H15NO. The quantitative estimate of drug-likeness (QED) is 0.791. The van der Waals surface area contributed by atoms with Crippen LogP contribution in [0.5, 0.6) is 5.75 Å². The zero-order chi connectivity index (χ0) is 9.60. The van der Waals surface area contributed by atoms with E-state index >= 15 is 0 Å². The first kappa shape index (κ1) is 8.30. The third kappa shape index (κ3) is 1.50. The second-order valence-corrected chi connectivity index (χ2v) is 4.50. The van der Waals surface area contributed by atoms with Gasteiger partial charge in [-0.15, -0.1) is 0 Å². The maximum absolute atomic E-state index is 6.13. The summed E-state index contributed by atoms with van der Waals surface area (Å²) in [4.78, 5) is 0. The standard InChI is InChI=1S/C12H15NO/c13-12(6-7-12)9-2-1-3-11(8-9)14-10-4-5-10/h1-3,8,10H,4-7,13H2. The maximum atomic E-state index is 6.13. The van der Waals surface area contributed by atoms with Crippen LogP contribution in [0.3, 0.4) is 0 Å². The highest BCUT2D eigenvalue weighted by atomic mass is 16.5. The van der Waals surface area contributed by atoms with Crippen molar-refractivity contribution < 1.29 is 4.74 Å². The Morgan fingerprint density at radius 3 is 2.71 bits per heavy atom. The average molecular weight is 189 g/mol. The zero-order valence-electron chi connectivity index (χ0n) is 8.20. The van der Waals surface area contributed by atoms with E-state index in [4.69, 9.17) is 10.5 Å². The Bertz CT molecular complexity index is 353. The first-order valence-electron chi connectivity index (χ1n) is 5.32. The Labute approximate surface area is 84.1 Å². The van der Waals surface area contributed by atoms with Crippen molar-refractivity contribution in [3.05, 3.63) is 29.8 Å². The summed E-state index contributed by atoms with van der Waals surface area (Å²) >= 11 is 0. The molecule has 0 radical (unpaired) electrons. The van der Waals surface area contributed by atoms with E-state index in [2.05, 4.69) is 12.1 Å². The summed E-state index contributed by atoms with van der Waals surface area (Å²) in [5, 5.41) is 0. The molecule has 2 aliphatic rings. The summed E-state index contributed by atoms with van der Waals surface area (Å²) in [5.41, 5.74) is 7.32. The minimum Gasteiger partial charge on any atom is -0.490 e. The molecule has 0 aromatic heterocycles. The van der Waals surface area contributed by atoms with Crippen molar-refractivity contribution in [1.82, 2.24) is 0 Å². The van der Waals surface area contributed by atoms with Crippen LogP contribution in [0.25, 0.3) is 0 Å². The zero-order valence-corrected chi connectivity index (χ0v) is 8.20. The molecule has 1 aromatic rings. The molecule has 0 atom stereocenters. The molecule has 2 fully saturated rings. The van der Waals surface area contributed by atoms with E-state index in [1.165, 1.54) is 18.4 Å². The number of nitrogens with two attached hydrogens (primary N) is 1. The fourth-order valence-electron chi connectivity index (χ4n) is 1.68. The molecule has 0 saturated heterocycles. The smallest absolute Gasteiger partial charge is 0.120 e. The van der Waals surface area contributed by atoms with E-state index in [9.17, 15) is 0 Å². The summed E-state index contributed by atoms with van der Waals surface area (Å²) in [6.07, 6.45) is 5.11. The molecule has 0 bridgehead atoms. The predicted octanol–water partition coefficient (Wildman–Crippen LogP) is 2.18. The van der Waals surface area contributed by atoms with Crippen LogP contribution >= 0.6 is 0 Å². The van der Waals surface area contributed by atoms with Crippen LogP contribution in [0.2, 0.25) is 0 Å². The van der Waals surface area contributed by atoms with Crippen LogP contribution in [0.1, 0.15) is 31.2 Å². The lowest BCUT2D eigenvalue weighted by Gasteiger charge is -2.11. The van der Waals surface area contributed by atoms with Gasteiger partial charge in [0.15, 0.2) is 0 Å². The van der Waals surface area contributed by atoms with E-state index in [-0.39, 0.29) is 5.54 Å². The second-order valence-electron chi connectivity index (χ2n) is 4.50. The minimum absolute atomic E-state index is 0.0388. The maximum Gasteiger partial charge on any atom is 0.120 e. The fraction of sp³-hybridized carbons (Fsp3) is 0.500. The van der Waals surface area contributed by atoms with E-state index < -0.39 is 0 Å². The average Bonchev–Trinajstić information content (AvgIpc) is 3.05. The molecule has 2 heteroatoms. The molecule has 14 heavy (non-hydrogen) atoms. The van der Waals surface area contributed by atoms with Gasteiger partial charge >= 0.3 is 0 Å². The van der Waals surface area contributed by atoms with Crippen LogP contribution in [-0.2, 0) is 5.54 Å². The largest absolute Gasteiger partial charge is 0.490 e. The molecule has 2 saturated carbocycles. The monoisotopic (exact) mass is 189 g/mol. The van der Waals surface area contributed by atoms with Gasteiger partial charge < -0.3 is 10.5 Å². The molecule has 1 aromatic carbocycles. The summed E-state index contributed by atoms with van der Waals surface area (Å²) in [6, 6.07) is 8.27. The first-order chi connectivity index (χ1) is 6.76. The van der Waals surface area contributed by atoms with Crippen molar-refractivity contribution in [3.63, 3.8) is 0 Å². The van der Waals surface area contributed by atoms with Gasteiger partial charge in [0.1, 0.15) is 5.75 Å². The van der Waals surface area contributed by atoms with E-state index in [0.29, 0.717) is 6.10 Å². The SMILES string of the molecule is NC1(c2cccc(OC3CC3)c2)CC1. The molecule has 2 aliphatic carbocycles. The third-order valence-corrected chi connectivity index (χ3v) is 3.02. The van der Waals surface area contributed by atoms with Gasteiger partial charge in [0.25, 0.3) is 0 Å². The predicted molar refractivity (Wildman–Crippen MR) is 55.2 cm³/mol. The molecular weight excluding hydrogens is 174 g/mol. The van der Waals surface area contributed by atoms with Gasteiger partial charge in [0.2, 0.25) is 0 Å². The van der Waals surface area contributed by atoms with Crippen LogP contribution in [-0.4, -0.2) is 6.10 Å². The van der Waals surface area contributed by atoms with Crippen LogP contribution in [0.4, 0.5) is 0 Å². The Morgan fingerprint density at radius 1 is 1.29 bits per heavy atom. The minimum atomic E-state index is -0.0388. The lowest BCUT2D eigenvalue weighted by atomic mass is 10.1. The van der Waals surface area contributed by atoms with Crippen molar-refractivity contribution >= 4 is 0 Å². The number of benzene rings is 1. The third-order valence-electron chi connectivity index (χ3n) is 3.02. The summed E-state index contributed by atoms with van der Waals surface area (Å²) < 4.78 is 5.73. The summed E-state index contributed by atoms with van der Waals surface area (Å²) in [7, 11) is 0. The Kier molecular flexibility index (Phi) is 1.62. The van der Waals surface area contributed by atoms with Gasteiger partial charge in [-0.05, 0) is 43.4 Å². The topological polar surface area (TPSA) is 35.2 Å². The van der Waals surface area contributed by atoms with E-state index in [0.717, 1.165) is 18.6 Å². The van der Waals surface area contributed by atoms with E-state index in [1.807, 2.05) is 12.1 Å². The molecule has 0 spiro atoms. The highest BCUT2D eigenvalue weighted by molar-refractivity contribution is 5.36. The summed E-state index contributed by atoms with van der Waals surface area (Å²) in [5.74, 6) is 0.988. The Balaban J connectivity index is 1.83. The molecule has 3 rings (SSSR count). The fourth-order valence-corrected chi connectivity index (χ4v) is 1.68. The molecule has 2 nitrogen and oxygen atoms in total. The van der Waals surface area contributed by atoms with Gasteiger partial charge in [-0.2, -0.15) is 0 Å². The lowest BCUT2D eigenvalue weighted by Crippen LogP contribution is -2.18. The summed E-state index contributed by atoms with van der Waals surface area (Å²) in [6.45, 7) is 0. The van der Waals surface area contributed by atoms with Gasteiger partial charge in [0.05, 0.1) is 6.10 Å². The van der Waals surface area contributed by atoms with Crippen molar-refractivity contribution in [2.75, 3.05) is 0 Å². The Morgan fingerprint density at radius 2 is 2.07 bits per heavy atom. The molecule has 0 aliphatic heterocycles. The normalized spacial score (nSPS) is 23.2. The molecule has 2 N–H and O–H groups in total. The van der Waals surface area contributed by atoms with Gasteiger partial charge in [-0.3, -0.25) is 0 Å². The molecule has 74 valence electrons. The van der Waals surface area contributed by atoms with Crippen molar-refractivity contribution in [1.29, 1.82) is 0 Å². The molecule has 0 unspecified atom stereocenters. The van der Waals surface area contributed by atoms with Crippen molar-refractivity contribution in [2.45, 2.75) is 37.3 Å². The highest BCUT2D eigenvalue weighted by Gasteiger charge is 2.40. The second kappa shape index (κ2) is 2.74. The van der Waals surface area contributed by atoms with Crippen LogP contribution in [0.15, 0.2) is 24.3 Å². The number of ether oxygens (including phenoxy) is 1. The molecule has 0 amide bonds. The number of hydrogen-bond acceptors (Lipinski definition) is 2.